The highest BCUT2D eigenvalue weighted by molar-refractivity contribution is 5.95. The van der Waals surface area contributed by atoms with Crippen LogP contribution in [0.1, 0.15) is 25.3 Å². The van der Waals surface area contributed by atoms with Crippen molar-refractivity contribution >= 4 is 28.1 Å². The molecule has 4 heteroatoms. The van der Waals surface area contributed by atoms with Crippen molar-refractivity contribution in [3.8, 4) is 0 Å². The molecule has 2 N–H and O–H groups in total. The van der Waals surface area contributed by atoms with E-state index < -0.39 is 0 Å². The van der Waals surface area contributed by atoms with Crippen molar-refractivity contribution in [1.82, 2.24) is 10.3 Å². The van der Waals surface area contributed by atoms with Crippen molar-refractivity contribution < 1.29 is 4.79 Å². The summed E-state index contributed by atoms with van der Waals surface area (Å²) in [6.45, 7) is 2.97. The zero-order valence-corrected chi connectivity index (χ0v) is 13.1. The van der Waals surface area contributed by atoms with Crippen LogP contribution < -0.4 is 10.6 Å². The molecule has 0 bridgehead atoms. The lowest BCUT2D eigenvalue weighted by atomic mass is 9.97. The maximum atomic E-state index is 11.8. The van der Waals surface area contributed by atoms with Gasteiger partial charge in [-0.25, -0.2) is 4.98 Å². The van der Waals surface area contributed by atoms with E-state index in [2.05, 4.69) is 46.8 Å². The Hall–Kier alpha value is -2.62. The Morgan fingerprint density at radius 1 is 1.26 bits per heavy atom. The molecule has 4 nitrogen and oxygen atoms in total. The third-order valence-electron chi connectivity index (χ3n) is 4.48. The van der Waals surface area contributed by atoms with Gasteiger partial charge in [0.15, 0.2) is 0 Å². The number of aromatic nitrogens is 1. The monoisotopic (exact) mass is 305 g/mol. The molecule has 23 heavy (non-hydrogen) atoms. The van der Waals surface area contributed by atoms with Crippen molar-refractivity contribution in [2.75, 3.05) is 11.9 Å². The molecule has 1 fully saturated rings. The first-order chi connectivity index (χ1) is 11.2. The Kier molecular flexibility index (Phi) is 3.37. The summed E-state index contributed by atoms with van der Waals surface area (Å²) in [5, 5.41) is 8.34. The van der Waals surface area contributed by atoms with Gasteiger partial charge >= 0.3 is 0 Å². The molecule has 1 saturated carbocycles. The molecule has 1 aromatic carbocycles. The summed E-state index contributed by atoms with van der Waals surface area (Å²) < 4.78 is 0. The van der Waals surface area contributed by atoms with Crippen LogP contribution in [0.25, 0.3) is 16.3 Å². The van der Waals surface area contributed by atoms with Gasteiger partial charge in [-0.1, -0.05) is 12.1 Å². The number of pyridine rings is 1. The third kappa shape index (κ3) is 2.84. The Balaban J connectivity index is 1.65. The summed E-state index contributed by atoms with van der Waals surface area (Å²) in [7, 11) is 0. The van der Waals surface area contributed by atoms with Gasteiger partial charge in [0.05, 0.1) is 0 Å². The van der Waals surface area contributed by atoms with Crippen LogP contribution in [0.2, 0.25) is 0 Å². The topological polar surface area (TPSA) is 54.0 Å². The first-order valence-corrected chi connectivity index (χ1v) is 8.01. The molecule has 1 aromatic heterocycles. The van der Waals surface area contributed by atoms with Crippen LogP contribution >= 0.6 is 0 Å². The lowest BCUT2D eigenvalue weighted by Crippen LogP contribution is -2.14. The maximum absolute atomic E-state index is 11.8. The van der Waals surface area contributed by atoms with Crippen LogP contribution in [-0.2, 0) is 4.79 Å². The second kappa shape index (κ2) is 5.54. The van der Waals surface area contributed by atoms with Gasteiger partial charge in [-0.3, -0.25) is 4.79 Å². The number of carbonyl (C=O) groups is 1. The Morgan fingerprint density at radius 2 is 2.13 bits per heavy atom. The van der Waals surface area contributed by atoms with Crippen molar-refractivity contribution in [3.05, 3.63) is 53.9 Å². The van der Waals surface area contributed by atoms with Crippen LogP contribution in [0, 0.1) is 5.92 Å². The number of hydrogen-bond acceptors (Lipinski definition) is 3. The zero-order chi connectivity index (χ0) is 15.8. The second-order valence-electron chi connectivity index (χ2n) is 6.27. The standard InChI is InChI=1S/C19H19N3O/c1-12-6-7-20-11-17(12)15-5-4-14-9-18(21-10-16(14)8-15)22-19(23)13-2-3-13/h4-10,13,20H,2-3,11H2,1H3,(H,21,22,23). The van der Waals surface area contributed by atoms with Gasteiger partial charge in [0.1, 0.15) is 5.82 Å². The number of nitrogens with zero attached hydrogens (tertiary/aromatic N) is 1. The molecule has 4 rings (SSSR count). The molecular weight excluding hydrogens is 286 g/mol. The molecule has 1 aliphatic heterocycles. The molecule has 2 aromatic rings. The number of hydrogen-bond donors (Lipinski definition) is 2. The average molecular weight is 305 g/mol. The fraction of sp³-hybridized carbons (Fsp3) is 0.263. The van der Waals surface area contributed by atoms with E-state index in [4.69, 9.17) is 0 Å². The maximum Gasteiger partial charge on any atom is 0.228 e. The highest BCUT2D eigenvalue weighted by Crippen LogP contribution is 2.30. The third-order valence-corrected chi connectivity index (χ3v) is 4.48. The fourth-order valence-corrected chi connectivity index (χ4v) is 2.89. The summed E-state index contributed by atoms with van der Waals surface area (Å²) in [5.41, 5.74) is 3.80. The van der Waals surface area contributed by atoms with Crippen molar-refractivity contribution in [3.63, 3.8) is 0 Å². The molecule has 116 valence electrons. The number of carbonyl (C=O) groups excluding carboxylic acids is 1. The zero-order valence-electron chi connectivity index (χ0n) is 13.1. The molecule has 2 heterocycles. The minimum Gasteiger partial charge on any atom is -0.387 e. The summed E-state index contributed by atoms with van der Waals surface area (Å²) in [4.78, 5) is 16.2. The van der Waals surface area contributed by atoms with Crippen molar-refractivity contribution in [1.29, 1.82) is 0 Å². The van der Waals surface area contributed by atoms with E-state index in [9.17, 15) is 4.79 Å². The number of amides is 1. The van der Waals surface area contributed by atoms with E-state index >= 15 is 0 Å². The minimum atomic E-state index is 0.0920. The van der Waals surface area contributed by atoms with E-state index in [1.54, 1.807) is 0 Å². The first-order valence-electron chi connectivity index (χ1n) is 8.01. The van der Waals surface area contributed by atoms with Gasteiger partial charge < -0.3 is 10.6 Å². The van der Waals surface area contributed by atoms with Gasteiger partial charge in [0, 0.05) is 24.0 Å². The second-order valence-corrected chi connectivity index (χ2v) is 6.27. The molecule has 0 spiro atoms. The molecule has 0 unspecified atom stereocenters. The van der Waals surface area contributed by atoms with E-state index in [1.807, 2.05) is 18.5 Å². The SMILES string of the molecule is CC1=C(c2ccc3cc(NC(=O)C4CC4)ncc3c2)CNC=C1. The predicted molar refractivity (Wildman–Crippen MR) is 92.8 cm³/mol. The number of benzene rings is 1. The van der Waals surface area contributed by atoms with Crippen molar-refractivity contribution in [2.45, 2.75) is 19.8 Å². The molecule has 0 saturated heterocycles. The van der Waals surface area contributed by atoms with Crippen molar-refractivity contribution in [2.24, 2.45) is 5.92 Å². The summed E-state index contributed by atoms with van der Waals surface area (Å²) in [6, 6.07) is 8.33. The number of fused-ring (bicyclic) bond motifs is 1. The molecule has 1 aliphatic carbocycles. The van der Waals surface area contributed by atoms with Crippen LogP contribution in [0.5, 0.6) is 0 Å². The van der Waals surface area contributed by atoms with Crippen LogP contribution in [-0.4, -0.2) is 17.4 Å². The Morgan fingerprint density at radius 3 is 2.91 bits per heavy atom. The smallest absolute Gasteiger partial charge is 0.228 e. The molecule has 2 aliphatic rings. The van der Waals surface area contributed by atoms with Gasteiger partial charge in [-0.2, -0.15) is 0 Å². The summed E-state index contributed by atoms with van der Waals surface area (Å²) in [6.07, 6.45) is 7.91. The van der Waals surface area contributed by atoms with Gasteiger partial charge in [-0.05, 0) is 66.3 Å². The molecule has 1 amide bonds. The normalized spacial score (nSPS) is 17.3. The minimum absolute atomic E-state index is 0.0920. The summed E-state index contributed by atoms with van der Waals surface area (Å²) >= 11 is 0. The number of anilines is 1. The van der Waals surface area contributed by atoms with Crippen LogP contribution in [0.4, 0.5) is 5.82 Å². The number of rotatable bonds is 3. The predicted octanol–water partition coefficient (Wildman–Crippen LogP) is 3.47. The van der Waals surface area contributed by atoms with E-state index in [-0.39, 0.29) is 11.8 Å². The molecule has 0 atom stereocenters. The van der Waals surface area contributed by atoms with E-state index in [0.29, 0.717) is 5.82 Å². The largest absolute Gasteiger partial charge is 0.387 e. The number of allylic oxidation sites excluding steroid dienone is 2. The Bertz CT molecular complexity index is 847. The quantitative estimate of drug-likeness (QED) is 0.913. The molecular formula is C19H19N3O. The van der Waals surface area contributed by atoms with Crippen LogP contribution in [0.3, 0.4) is 0 Å². The van der Waals surface area contributed by atoms with Gasteiger partial charge in [-0.15, -0.1) is 0 Å². The number of nitrogens with one attached hydrogen (secondary N) is 2. The number of dihydropyridines is 1. The van der Waals surface area contributed by atoms with Gasteiger partial charge in [0.25, 0.3) is 0 Å². The summed E-state index contributed by atoms with van der Waals surface area (Å²) in [5.74, 6) is 0.922. The van der Waals surface area contributed by atoms with E-state index in [1.165, 1.54) is 16.7 Å². The van der Waals surface area contributed by atoms with Crippen LogP contribution in [0.15, 0.2) is 48.3 Å². The highest BCUT2D eigenvalue weighted by Gasteiger charge is 2.29. The Labute approximate surface area is 135 Å². The average Bonchev–Trinajstić information content (AvgIpc) is 3.40. The van der Waals surface area contributed by atoms with E-state index in [0.717, 1.165) is 30.2 Å². The van der Waals surface area contributed by atoms with Gasteiger partial charge in [0.2, 0.25) is 5.91 Å². The first kappa shape index (κ1) is 14.0. The molecule has 0 radical (unpaired) electrons. The lowest BCUT2D eigenvalue weighted by Gasteiger charge is -2.15. The highest BCUT2D eigenvalue weighted by atomic mass is 16.2. The fourth-order valence-electron chi connectivity index (χ4n) is 2.89. The lowest BCUT2D eigenvalue weighted by molar-refractivity contribution is -0.117.